The Hall–Kier alpha value is -1.89. The topological polar surface area (TPSA) is 87.5 Å². The third-order valence-corrected chi connectivity index (χ3v) is 4.77. The number of aromatic nitrogens is 1. The van der Waals surface area contributed by atoms with E-state index in [1.54, 1.807) is 0 Å². The Morgan fingerprint density at radius 1 is 1.17 bits per heavy atom. The zero-order chi connectivity index (χ0) is 17.1. The number of carbonyl (C=O) groups excluding carboxylic acids is 2. The first-order valence-corrected chi connectivity index (χ1v) is 8.75. The van der Waals surface area contributed by atoms with Crippen LogP contribution in [0, 0.1) is 0 Å². The van der Waals surface area contributed by atoms with Crippen LogP contribution in [0.2, 0.25) is 0 Å². The Balaban J connectivity index is 1.63. The Kier molecular flexibility index (Phi) is 5.18. The number of likely N-dealkylation sites (N-methyl/N-ethyl adjacent to an activating group) is 1. The first kappa shape index (κ1) is 17.0. The third kappa shape index (κ3) is 3.95. The molecule has 132 valence electrons. The van der Waals surface area contributed by atoms with Crippen molar-refractivity contribution in [2.75, 3.05) is 20.6 Å². The standard InChI is InChI=1S/C17H26N4O3/c1-21(2)10-15(22)18-12-7-8-14-13(9-12)16(20-24-14)17(23)19-11-5-3-4-6-11/h11-12H,3-10H2,1-2H3,(H,18,22)(H,19,23). The van der Waals surface area contributed by atoms with Crippen LogP contribution in [0.3, 0.4) is 0 Å². The summed E-state index contributed by atoms with van der Waals surface area (Å²) < 4.78 is 5.36. The fourth-order valence-corrected chi connectivity index (χ4v) is 3.59. The van der Waals surface area contributed by atoms with Gasteiger partial charge in [0.1, 0.15) is 5.76 Å². The molecule has 1 unspecified atom stereocenters. The van der Waals surface area contributed by atoms with Gasteiger partial charge in [0, 0.05) is 24.1 Å². The first-order valence-electron chi connectivity index (χ1n) is 8.75. The average molecular weight is 334 g/mol. The van der Waals surface area contributed by atoms with Crippen molar-refractivity contribution in [3.63, 3.8) is 0 Å². The van der Waals surface area contributed by atoms with Gasteiger partial charge in [0.05, 0.1) is 6.54 Å². The quantitative estimate of drug-likeness (QED) is 0.835. The highest BCUT2D eigenvalue weighted by Crippen LogP contribution is 2.25. The molecule has 2 N–H and O–H groups in total. The summed E-state index contributed by atoms with van der Waals surface area (Å²) >= 11 is 0. The van der Waals surface area contributed by atoms with Gasteiger partial charge in [-0.2, -0.15) is 0 Å². The molecular weight excluding hydrogens is 308 g/mol. The summed E-state index contributed by atoms with van der Waals surface area (Å²) in [5.74, 6) is 0.638. The van der Waals surface area contributed by atoms with Gasteiger partial charge in [0.15, 0.2) is 5.69 Å². The number of nitrogens with one attached hydrogen (secondary N) is 2. The number of rotatable bonds is 5. The van der Waals surface area contributed by atoms with Crippen LogP contribution in [0.1, 0.15) is 53.9 Å². The molecule has 7 heteroatoms. The van der Waals surface area contributed by atoms with Crippen molar-refractivity contribution in [2.24, 2.45) is 0 Å². The maximum absolute atomic E-state index is 12.5. The van der Waals surface area contributed by atoms with E-state index in [-0.39, 0.29) is 23.9 Å². The lowest BCUT2D eigenvalue weighted by atomic mass is 9.91. The number of nitrogens with zero attached hydrogens (tertiary/aromatic N) is 2. The van der Waals surface area contributed by atoms with Crippen LogP contribution >= 0.6 is 0 Å². The molecule has 1 heterocycles. The molecule has 2 aliphatic rings. The highest BCUT2D eigenvalue weighted by molar-refractivity contribution is 5.94. The van der Waals surface area contributed by atoms with E-state index in [0.29, 0.717) is 25.1 Å². The second-order valence-electron chi connectivity index (χ2n) is 7.13. The maximum Gasteiger partial charge on any atom is 0.273 e. The Morgan fingerprint density at radius 3 is 2.62 bits per heavy atom. The van der Waals surface area contributed by atoms with Crippen LogP contribution in [-0.2, 0) is 17.6 Å². The molecule has 1 aromatic heterocycles. The smallest absolute Gasteiger partial charge is 0.273 e. The molecule has 2 amide bonds. The van der Waals surface area contributed by atoms with Crippen molar-refractivity contribution in [3.05, 3.63) is 17.0 Å². The lowest BCUT2D eigenvalue weighted by molar-refractivity contribution is -0.122. The molecule has 3 rings (SSSR count). The minimum Gasteiger partial charge on any atom is -0.360 e. The van der Waals surface area contributed by atoms with Crippen LogP contribution in [0.15, 0.2) is 4.52 Å². The number of hydrogen-bond donors (Lipinski definition) is 2. The van der Waals surface area contributed by atoms with Gasteiger partial charge in [-0.1, -0.05) is 18.0 Å². The van der Waals surface area contributed by atoms with Gasteiger partial charge in [-0.25, -0.2) is 0 Å². The normalized spacial score (nSPS) is 20.9. The summed E-state index contributed by atoms with van der Waals surface area (Å²) in [4.78, 5) is 26.3. The van der Waals surface area contributed by atoms with E-state index in [9.17, 15) is 9.59 Å². The molecule has 0 spiro atoms. The number of fused-ring (bicyclic) bond motifs is 1. The minimum absolute atomic E-state index is 0.00172. The predicted molar refractivity (Wildman–Crippen MR) is 88.7 cm³/mol. The van der Waals surface area contributed by atoms with E-state index in [1.165, 1.54) is 12.8 Å². The zero-order valence-corrected chi connectivity index (χ0v) is 14.4. The second-order valence-corrected chi connectivity index (χ2v) is 7.13. The molecule has 1 saturated carbocycles. The van der Waals surface area contributed by atoms with Crippen molar-refractivity contribution in [1.82, 2.24) is 20.7 Å². The average Bonchev–Trinajstić information content (AvgIpc) is 3.15. The van der Waals surface area contributed by atoms with Gasteiger partial charge < -0.3 is 20.1 Å². The van der Waals surface area contributed by atoms with Crippen molar-refractivity contribution in [3.8, 4) is 0 Å². The lowest BCUT2D eigenvalue weighted by Crippen LogP contribution is -2.43. The zero-order valence-electron chi connectivity index (χ0n) is 14.4. The molecule has 0 radical (unpaired) electrons. The Bertz CT molecular complexity index is 605. The van der Waals surface area contributed by atoms with E-state index in [1.807, 2.05) is 19.0 Å². The second kappa shape index (κ2) is 7.34. The monoisotopic (exact) mass is 334 g/mol. The summed E-state index contributed by atoms with van der Waals surface area (Å²) in [6.07, 6.45) is 6.52. The van der Waals surface area contributed by atoms with Crippen LogP contribution in [0.4, 0.5) is 0 Å². The maximum atomic E-state index is 12.5. The highest BCUT2D eigenvalue weighted by atomic mass is 16.5. The van der Waals surface area contributed by atoms with Crippen molar-refractivity contribution in [1.29, 1.82) is 0 Å². The molecule has 0 saturated heterocycles. The van der Waals surface area contributed by atoms with Crippen LogP contribution in [0.5, 0.6) is 0 Å². The molecule has 7 nitrogen and oxygen atoms in total. The van der Waals surface area contributed by atoms with E-state index in [4.69, 9.17) is 4.52 Å². The van der Waals surface area contributed by atoms with Crippen molar-refractivity contribution < 1.29 is 14.1 Å². The third-order valence-electron chi connectivity index (χ3n) is 4.77. The molecule has 0 aliphatic heterocycles. The lowest BCUT2D eigenvalue weighted by Gasteiger charge is -2.23. The van der Waals surface area contributed by atoms with E-state index < -0.39 is 0 Å². The minimum atomic E-state index is -0.146. The SMILES string of the molecule is CN(C)CC(=O)NC1CCc2onc(C(=O)NC3CCCC3)c2C1. The molecule has 0 aromatic carbocycles. The first-order chi connectivity index (χ1) is 11.5. The van der Waals surface area contributed by atoms with E-state index >= 15 is 0 Å². The van der Waals surface area contributed by atoms with Gasteiger partial charge in [0.2, 0.25) is 5.91 Å². The fraction of sp³-hybridized carbons (Fsp3) is 0.706. The van der Waals surface area contributed by atoms with E-state index in [2.05, 4.69) is 15.8 Å². The summed E-state index contributed by atoms with van der Waals surface area (Å²) in [5, 5.41) is 10.1. The fourth-order valence-electron chi connectivity index (χ4n) is 3.59. The van der Waals surface area contributed by atoms with Gasteiger partial charge in [-0.3, -0.25) is 9.59 Å². The molecular formula is C17H26N4O3. The molecule has 2 aliphatic carbocycles. The summed E-state index contributed by atoms with van der Waals surface area (Å²) in [5.41, 5.74) is 1.25. The van der Waals surface area contributed by atoms with Crippen LogP contribution in [0.25, 0.3) is 0 Å². The number of aryl methyl sites for hydroxylation is 1. The van der Waals surface area contributed by atoms with Gasteiger partial charge in [-0.15, -0.1) is 0 Å². The Labute approximate surface area is 142 Å². The van der Waals surface area contributed by atoms with Crippen LogP contribution in [-0.4, -0.2) is 54.6 Å². The molecule has 24 heavy (non-hydrogen) atoms. The van der Waals surface area contributed by atoms with Gasteiger partial charge >= 0.3 is 0 Å². The van der Waals surface area contributed by atoms with E-state index in [0.717, 1.165) is 30.6 Å². The summed E-state index contributed by atoms with van der Waals surface area (Å²) in [6, 6.07) is 0.284. The molecule has 1 aromatic rings. The summed E-state index contributed by atoms with van der Waals surface area (Å²) in [6.45, 7) is 0.363. The Morgan fingerprint density at radius 2 is 1.92 bits per heavy atom. The highest BCUT2D eigenvalue weighted by Gasteiger charge is 2.30. The molecule has 1 atom stereocenters. The number of carbonyl (C=O) groups is 2. The van der Waals surface area contributed by atoms with Crippen molar-refractivity contribution in [2.45, 2.75) is 57.0 Å². The largest absolute Gasteiger partial charge is 0.360 e. The number of hydrogen-bond acceptors (Lipinski definition) is 5. The summed E-state index contributed by atoms with van der Waals surface area (Å²) in [7, 11) is 3.73. The number of amides is 2. The van der Waals surface area contributed by atoms with Gasteiger partial charge in [0.25, 0.3) is 5.91 Å². The molecule has 0 bridgehead atoms. The predicted octanol–water partition coefficient (Wildman–Crippen LogP) is 0.882. The van der Waals surface area contributed by atoms with Crippen molar-refractivity contribution >= 4 is 11.8 Å². The molecule has 1 fully saturated rings. The van der Waals surface area contributed by atoms with Gasteiger partial charge in [-0.05, 0) is 39.8 Å². The van der Waals surface area contributed by atoms with Crippen LogP contribution < -0.4 is 10.6 Å².